The average molecular weight is 277 g/mol. The van der Waals surface area contributed by atoms with Gasteiger partial charge in [-0.1, -0.05) is 40.7 Å². The van der Waals surface area contributed by atoms with E-state index in [1.165, 1.54) is 10.9 Å². The van der Waals surface area contributed by atoms with Gasteiger partial charge in [-0.05, 0) is 17.7 Å². The number of para-hydroxylation sites is 1. The summed E-state index contributed by atoms with van der Waals surface area (Å²) in [7, 11) is 0. The number of hydrogen-bond acceptors (Lipinski definition) is 2. The lowest BCUT2D eigenvalue weighted by atomic mass is 10.1. The topological polar surface area (TPSA) is 24.9 Å². The van der Waals surface area contributed by atoms with Crippen LogP contribution >= 0.6 is 15.9 Å². The Bertz CT molecular complexity index is 503. The highest BCUT2D eigenvalue weighted by molar-refractivity contribution is 9.11. The first-order chi connectivity index (χ1) is 7.77. The van der Waals surface area contributed by atoms with Gasteiger partial charge in [-0.2, -0.15) is 0 Å². The fourth-order valence-corrected chi connectivity index (χ4v) is 1.84. The maximum Gasteiger partial charge on any atom is 0.0705 e. The second-order valence-electron chi connectivity index (χ2n) is 3.61. The van der Waals surface area contributed by atoms with Gasteiger partial charge in [0.05, 0.1) is 5.52 Å². The number of pyridine rings is 1. The number of aromatic nitrogens is 1. The molecular weight excluding hydrogens is 264 g/mol. The first kappa shape index (κ1) is 11.3. The molecule has 0 aliphatic carbocycles. The quantitative estimate of drug-likeness (QED) is 0.928. The van der Waals surface area contributed by atoms with Crippen LogP contribution in [0.1, 0.15) is 5.56 Å². The van der Waals surface area contributed by atoms with Crippen molar-refractivity contribution in [3.05, 3.63) is 53.2 Å². The second-order valence-corrected chi connectivity index (χ2v) is 4.73. The van der Waals surface area contributed by atoms with Crippen molar-refractivity contribution in [3.63, 3.8) is 0 Å². The van der Waals surface area contributed by atoms with Crippen molar-refractivity contribution >= 4 is 26.8 Å². The molecule has 0 unspecified atom stereocenters. The summed E-state index contributed by atoms with van der Waals surface area (Å²) in [4.78, 5) is 4.33. The van der Waals surface area contributed by atoms with E-state index < -0.39 is 0 Å². The molecule has 1 N–H and O–H groups in total. The molecule has 0 radical (unpaired) electrons. The van der Waals surface area contributed by atoms with Gasteiger partial charge >= 0.3 is 0 Å². The molecule has 1 aromatic heterocycles. The summed E-state index contributed by atoms with van der Waals surface area (Å²) in [5.74, 6) is 0. The summed E-state index contributed by atoms with van der Waals surface area (Å²) in [6, 6.07) is 10.2. The molecule has 1 heterocycles. The van der Waals surface area contributed by atoms with Crippen LogP contribution in [0.3, 0.4) is 0 Å². The van der Waals surface area contributed by atoms with Gasteiger partial charge in [0.15, 0.2) is 0 Å². The Balaban J connectivity index is 2.20. The number of halogens is 1. The third kappa shape index (κ3) is 2.68. The lowest BCUT2D eigenvalue weighted by Gasteiger charge is -2.06. The van der Waals surface area contributed by atoms with Gasteiger partial charge in [0.2, 0.25) is 0 Å². The molecule has 0 fully saturated rings. The van der Waals surface area contributed by atoms with Crippen LogP contribution < -0.4 is 5.32 Å². The molecule has 2 nitrogen and oxygen atoms in total. The van der Waals surface area contributed by atoms with Crippen molar-refractivity contribution in [2.24, 2.45) is 0 Å². The largest absolute Gasteiger partial charge is 0.308 e. The molecule has 0 aliphatic rings. The normalized spacial score (nSPS) is 10.6. The Morgan fingerprint density at radius 1 is 1.31 bits per heavy atom. The standard InChI is InChI=1S/C13H13BrN2/c1-10(14)8-15-9-11-6-7-16-13-5-3-2-4-12(11)13/h2-7,15H,1,8-9H2. The number of fused-ring (bicyclic) bond motifs is 1. The van der Waals surface area contributed by atoms with Crippen LogP contribution in [0.4, 0.5) is 0 Å². The summed E-state index contributed by atoms with van der Waals surface area (Å²) in [6.07, 6.45) is 1.85. The summed E-state index contributed by atoms with van der Waals surface area (Å²) >= 11 is 3.33. The van der Waals surface area contributed by atoms with Crippen molar-refractivity contribution in [2.75, 3.05) is 6.54 Å². The van der Waals surface area contributed by atoms with Crippen LogP contribution in [0.25, 0.3) is 10.9 Å². The van der Waals surface area contributed by atoms with E-state index in [9.17, 15) is 0 Å². The Kier molecular flexibility index (Phi) is 3.70. The fourth-order valence-electron chi connectivity index (χ4n) is 1.64. The number of hydrogen-bond donors (Lipinski definition) is 1. The molecule has 0 aliphatic heterocycles. The van der Waals surface area contributed by atoms with Gasteiger partial charge in [0.1, 0.15) is 0 Å². The molecule has 0 saturated heterocycles. The highest BCUT2D eigenvalue weighted by atomic mass is 79.9. The number of rotatable bonds is 4. The first-order valence-electron chi connectivity index (χ1n) is 5.14. The molecule has 0 bridgehead atoms. The van der Waals surface area contributed by atoms with E-state index in [1.54, 1.807) is 0 Å². The molecule has 0 spiro atoms. The second kappa shape index (κ2) is 5.23. The van der Waals surface area contributed by atoms with E-state index in [0.717, 1.165) is 23.1 Å². The van der Waals surface area contributed by atoms with Crippen molar-refractivity contribution in [2.45, 2.75) is 6.54 Å². The van der Waals surface area contributed by atoms with E-state index in [1.807, 2.05) is 30.5 Å². The zero-order valence-electron chi connectivity index (χ0n) is 8.91. The zero-order valence-corrected chi connectivity index (χ0v) is 10.5. The van der Waals surface area contributed by atoms with E-state index in [4.69, 9.17) is 0 Å². The van der Waals surface area contributed by atoms with Crippen molar-refractivity contribution < 1.29 is 0 Å². The third-order valence-corrected chi connectivity index (χ3v) is 2.65. The van der Waals surface area contributed by atoms with Crippen LogP contribution in [-0.4, -0.2) is 11.5 Å². The summed E-state index contributed by atoms with van der Waals surface area (Å²) in [5.41, 5.74) is 2.30. The minimum Gasteiger partial charge on any atom is -0.308 e. The van der Waals surface area contributed by atoms with E-state index >= 15 is 0 Å². The highest BCUT2D eigenvalue weighted by Gasteiger charge is 2.00. The summed E-state index contributed by atoms with van der Waals surface area (Å²) in [5, 5.41) is 4.53. The van der Waals surface area contributed by atoms with Crippen LogP contribution in [-0.2, 0) is 6.54 Å². The Morgan fingerprint density at radius 2 is 2.12 bits per heavy atom. The SMILES string of the molecule is C=C(Br)CNCc1ccnc2ccccc12. The summed E-state index contributed by atoms with van der Waals surface area (Å²) < 4.78 is 0.964. The first-order valence-corrected chi connectivity index (χ1v) is 5.93. The van der Waals surface area contributed by atoms with Crippen molar-refractivity contribution in [1.29, 1.82) is 0 Å². The van der Waals surface area contributed by atoms with E-state index in [-0.39, 0.29) is 0 Å². The van der Waals surface area contributed by atoms with Gasteiger partial charge in [-0.15, -0.1) is 0 Å². The molecule has 0 amide bonds. The Hall–Kier alpha value is -1.19. The van der Waals surface area contributed by atoms with Gasteiger partial charge in [-0.25, -0.2) is 0 Å². The zero-order chi connectivity index (χ0) is 11.4. The monoisotopic (exact) mass is 276 g/mol. The predicted molar refractivity (Wildman–Crippen MR) is 71.5 cm³/mol. The maximum atomic E-state index is 4.33. The molecule has 0 atom stereocenters. The molecule has 2 rings (SSSR count). The fraction of sp³-hybridized carbons (Fsp3) is 0.154. The molecule has 3 heteroatoms. The van der Waals surface area contributed by atoms with Crippen LogP contribution in [0.5, 0.6) is 0 Å². The number of nitrogens with one attached hydrogen (secondary N) is 1. The minimum atomic E-state index is 0.774. The molecule has 1 aromatic carbocycles. The van der Waals surface area contributed by atoms with Crippen molar-refractivity contribution in [3.8, 4) is 0 Å². The minimum absolute atomic E-state index is 0.774. The van der Waals surface area contributed by atoms with Gasteiger partial charge in [0, 0.05) is 29.2 Å². The van der Waals surface area contributed by atoms with Gasteiger partial charge in [-0.3, -0.25) is 4.98 Å². The lowest BCUT2D eigenvalue weighted by Crippen LogP contribution is -2.14. The molecule has 82 valence electrons. The Morgan fingerprint density at radius 3 is 2.94 bits per heavy atom. The van der Waals surface area contributed by atoms with Crippen LogP contribution in [0, 0.1) is 0 Å². The predicted octanol–water partition coefficient (Wildman–Crippen LogP) is 3.23. The smallest absolute Gasteiger partial charge is 0.0705 e. The van der Waals surface area contributed by atoms with Crippen LogP contribution in [0.2, 0.25) is 0 Å². The highest BCUT2D eigenvalue weighted by Crippen LogP contribution is 2.15. The molecule has 2 aromatic rings. The van der Waals surface area contributed by atoms with Crippen LogP contribution in [0.15, 0.2) is 47.6 Å². The van der Waals surface area contributed by atoms with Crippen molar-refractivity contribution in [1.82, 2.24) is 10.3 Å². The third-order valence-electron chi connectivity index (χ3n) is 2.37. The number of nitrogens with zero attached hydrogens (tertiary/aromatic N) is 1. The average Bonchev–Trinajstić information content (AvgIpc) is 2.29. The van der Waals surface area contributed by atoms with Gasteiger partial charge in [0.25, 0.3) is 0 Å². The molecular formula is C13H13BrN2. The lowest BCUT2D eigenvalue weighted by molar-refractivity contribution is 0.761. The molecule has 0 saturated carbocycles. The van der Waals surface area contributed by atoms with E-state index in [0.29, 0.717) is 0 Å². The number of benzene rings is 1. The Labute approximate surface area is 104 Å². The van der Waals surface area contributed by atoms with Gasteiger partial charge < -0.3 is 5.32 Å². The summed E-state index contributed by atoms with van der Waals surface area (Å²) in [6.45, 7) is 5.39. The van der Waals surface area contributed by atoms with E-state index in [2.05, 4.69) is 38.9 Å². The maximum absolute atomic E-state index is 4.33. The molecule has 16 heavy (non-hydrogen) atoms.